The van der Waals surface area contributed by atoms with E-state index in [1.807, 2.05) is 0 Å². The number of fused-ring (bicyclic) bond motifs is 14. The minimum absolute atomic E-state index is 0.180. The van der Waals surface area contributed by atoms with Crippen molar-refractivity contribution in [1.82, 2.24) is 0 Å². The van der Waals surface area contributed by atoms with Crippen LogP contribution in [0.5, 0.6) is 0 Å². The molecule has 12 aromatic rings. The highest BCUT2D eigenvalue weighted by molar-refractivity contribution is 6.27. The summed E-state index contributed by atoms with van der Waals surface area (Å²) in [5, 5.41) is 18.1. The van der Waals surface area contributed by atoms with Gasteiger partial charge in [-0.15, -0.1) is 0 Å². The van der Waals surface area contributed by atoms with E-state index in [1.165, 1.54) is 131 Å². The molecular formula is C61H40. The Labute approximate surface area is 355 Å². The third kappa shape index (κ3) is 4.88. The van der Waals surface area contributed by atoms with Gasteiger partial charge < -0.3 is 0 Å². The van der Waals surface area contributed by atoms with Gasteiger partial charge in [0.05, 0.1) is 0 Å². The summed E-state index contributed by atoms with van der Waals surface area (Å²) in [4.78, 5) is 0. The second-order valence-electron chi connectivity index (χ2n) is 17.5. The molecule has 284 valence electrons. The van der Waals surface area contributed by atoms with Crippen LogP contribution in [0.25, 0.3) is 120 Å². The molecule has 61 heavy (non-hydrogen) atoms. The fourth-order valence-corrected chi connectivity index (χ4v) is 11.2. The van der Waals surface area contributed by atoms with E-state index in [0.717, 1.165) is 0 Å². The van der Waals surface area contributed by atoms with Crippen LogP contribution in [0.1, 0.15) is 25.0 Å². The Kier molecular flexibility index (Phi) is 7.17. The molecule has 0 spiro atoms. The Morgan fingerprint density at radius 2 is 0.672 bits per heavy atom. The lowest BCUT2D eigenvalue weighted by atomic mass is 9.79. The van der Waals surface area contributed by atoms with Crippen molar-refractivity contribution in [3.05, 3.63) is 217 Å². The van der Waals surface area contributed by atoms with Gasteiger partial charge in [0.2, 0.25) is 0 Å². The molecule has 0 atom stereocenters. The van der Waals surface area contributed by atoms with Crippen molar-refractivity contribution in [3.63, 3.8) is 0 Å². The highest BCUT2D eigenvalue weighted by Crippen LogP contribution is 2.53. The average molecular weight is 773 g/mol. The Bertz CT molecular complexity index is 3790. The summed E-state index contributed by atoms with van der Waals surface area (Å²) in [5.41, 5.74) is 12.8. The van der Waals surface area contributed by atoms with Gasteiger partial charge in [-0.05, 0) is 161 Å². The number of rotatable bonds is 3. The van der Waals surface area contributed by atoms with E-state index in [2.05, 4.69) is 220 Å². The predicted octanol–water partition coefficient (Wildman–Crippen LogP) is 17.1. The molecule has 13 rings (SSSR count). The van der Waals surface area contributed by atoms with Crippen molar-refractivity contribution in [1.29, 1.82) is 0 Å². The lowest BCUT2D eigenvalue weighted by molar-refractivity contribution is 0.661. The van der Waals surface area contributed by atoms with Crippen molar-refractivity contribution < 1.29 is 0 Å². The van der Waals surface area contributed by atoms with Crippen LogP contribution in [0, 0.1) is 0 Å². The highest BCUT2D eigenvalue weighted by Gasteiger charge is 2.36. The van der Waals surface area contributed by atoms with Gasteiger partial charge in [-0.2, -0.15) is 0 Å². The van der Waals surface area contributed by atoms with Crippen LogP contribution < -0.4 is 0 Å². The van der Waals surface area contributed by atoms with Gasteiger partial charge in [-0.25, -0.2) is 0 Å². The minimum Gasteiger partial charge on any atom is -0.0616 e. The summed E-state index contributed by atoms with van der Waals surface area (Å²) in [6, 6.07) is 77.4. The summed E-state index contributed by atoms with van der Waals surface area (Å²) in [6.45, 7) is 4.84. The molecule has 0 nitrogen and oxygen atoms in total. The topological polar surface area (TPSA) is 0 Å². The Morgan fingerprint density at radius 1 is 0.246 bits per heavy atom. The lowest BCUT2D eigenvalue weighted by Gasteiger charge is -2.23. The van der Waals surface area contributed by atoms with Gasteiger partial charge in [0, 0.05) is 5.41 Å². The first-order valence-electron chi connectivity index (χ1n) is 21.5. The zero-order valence-corrected chi connectivity index (χ0v) is 34.1. The summed E-state index contributed by atoms with van der Waals surface area (Å²) < 4.78 is 0. The molecule has 12 aromatic carbocycles. The minimum atomic E-state index is -0.180. The first kappa shape index (κ1) is 34.3. The summed E-state index contributed by atoms with van der Waals surface area (Å²) >= 11 is 0. The van der Waals surface area contributed by atoms with Crippen LogP contribution in [0.2, 0.25) is 0 Å². The summed E-state index contributed by atoms with van der Waals surface area (Å²) in [6.07, 6.45) is 0. The van der Waals surface area contributed by atoms with E-state index in [9.17, 15) is 0 Å². The second kappa shape index (κ2) is 12.7. The van der Waals surface area contributed by atoms with Gasteiger partial charge >= 0.3 is 0 Å². The molecule has 0 aliphatic heterocycles. The van der Waals surface area contributed by atoms with E-state index in [1.54, 1.807) is 0 Å². The second-order valence-corrected chi connectivity index (χ2v) is 17.5. The van der Waals surface area contributed by atoms with E-state index in [-0.39, 0.29) is 5.41 Å². The first-order chi connectivity index (χ1) is 30.0. The normalized spacial score (nSPS) is 13.2. The first-order valence-corrected chi connectivity index (χ1v) is 21.5. The SMILES string of the molecule is CC1(C)c2cc(-c3c4ccccc4c(-c4cccc(-c5cc6ccccc6c6ccccc56)c4)c4ccccc34)ccc2-c2cc3c4ccccc4c4ccccc4c3cc21. The van der Waals surface area contributed by atoms with E-state index in [4.69, 9.17) is 0 Å². The quantitative estimate of drug-likeness (QED) is 0.124. The molecule has 1 aliphatic carbocycles. The van der Waals surface area contributed by atoms with Crippen molar-refractivity contribution in [2.45, 2.75) is 19.3 Å². The van der Waals surface area contributed by atoms with Crippen LogP contribution in [-0.4, -0.2) is 0 Å². The molecular weight excluding hydrogens is 733 g/mol. The van der Waals surface area contributed by atoms with Crippen molar-refractivity contribution >= 4 is 75.4 Å². The number of hydrogen-bond acceptors (Lipinski definition) is 0. The van der Waals surface area contributed by atoms with Gasteiger partial charge in [0.25, 0.3) is 0 Å². The third-order valence-corrected chi connectivity index (χ3v) is 14.0. The molecule has 0 aromatic heterocycles. The summed E-state index contributed by atoms with van der Waals surface area (Å²) in [5.74, 6) is 0. The molecule has 1 aliphatic rings. The largest absolute Gasteiger partial charge is 0.0616 e. The highest BCUT2D eigenvalue weighted by atomic mass is 14.4. The maximum Gasteiger partial charge on any atom is 0.0159 e. The summed E-state index contributed by atoms with van der Waals surface area (Å²) in [7, 11) is 0. The third-order valence-electron chi connectivity index (χ3n) is 14.0. The van der Waals surface area contributed by atoms with Gasteiger partial charge in [0.1, 0.15) is 0 Å². The monoisotopic (exact) mass is 772 g/mol. The molecule has 0 radical (unpaired) electrons. The Balaban J connectivity index is 1.01. The van der Waals surface area contributed by atoms with Crippen molar-refractivity contribution in [3.8, 4) is 44.5 Å². The maximum atomic E-state index is 2.51. The Hall–Kier alpha value is -7.54. The zero-order valence-electron chi connectivity index (χ0n) is 34.1. The standard InChI is InChI=1S/C61H40/c1-61(2)57-34-40(30-31-48(57)56-35-54-46-24-9-6-21-43(46)44-22-7-10-25-47(44)55(54)36-58(56)61)60-51-28-13-11-26-49(51)59(50-27-12-14-29-52(50)60)39-18-15-17-37(32-39)53-33-38-16-3-4-19-41(38)42-20-5-8-23-45(42)53/h3-36H,1-2H3. The molecule has 0 amide bonds. The van der Waals surface area contributed by atoms with Crippen LogP contribution in [-0.2, 0) is 5.41 Å². The maximum absolute atomic E-state index is 2.51. The van der Waals surface area contributed by atoms with Crippen molar-refractivity contribution in [2.24, 2.45) is 0 Å². The van der Waals surface area contributed by atoms with Gasteiger partial charge in [-0.1, -0.05) is 190 Å². The predicted molar refractivity (Wildman–Crippen MR) is 263 cm³/mol. The van der Waals surface area contributed by atoms with E-state index in [0.29, 0.717) is 0 Å². The average Bonchev–Trinajstić information content (AvgIpc) is 3.54. The van der Waals surface area contributed by atoms with Crippen LogP contribution in [0.15, 0.2) is 206 Å². The molecule has 0 heteroatoms. The van der Waals surface area contributed by atoms with Crippen LogP contribution in [0.4, 0.5) is 0 Å². The lowest BCUT2D eigenvalue weighted by Crippen LogP contribution is -2.15. The molecule has 0 unspecified atom stereocenters. The Morgan fingerprint density at radius 3 is 1.26 bits per heavy atom. The smallest absolute Gasteiger partial charge is 0.0159 e. The van der Waals surface area contributed by atoms with E-state index < -0.39 is 0 Å². The van der Waals surface area contributed by atoms with Crippen molar-refractivity contribution in [2.75, 3.05) is 0 Å². The number of benzene rings is 12. The molecule has 0 bridgehead atoms. The van der Waals surface area contributed by atoms with Gasteiger partial charge in [0.15, 0.2) is 0 Å². The fraction of sp³-hybridized carbons (Fsp3) is 0.0492. The van der Waals surface area contributed by atoms with E-state index >= 15 is 0 Å². The van der Waals surface area contributed by atoms with Crippen LogP contribution in [0.3, 0.4) is 0 Å². The number of hydrogen-bond donors (Lipinski definition) is 0. The molecule has 0 saturated heterocycles. The van der Waals surface area contributed by atoms with Gasteiger partial charge in [-0.3, -0.25) is 0 Å². The fourth-order valence-electron chi connectivity index (χ4n) is 11.2. The molecule has 0 saturated carbocycles. The molecule has 0 fully saturated rings. The van der Waals surface area contributed by atoms with Crippen LogP contribution >= 0.6 is 0 Å². The molecule has 0 heterocycles. The molecule has 0 N–H and O–H groups in total. The zero-order chi connectivity index (χ0) is 40.4.